The van der Waals surface area contributed by atoms with Gasteiger partial charge in [0.05, 0.1) is 0 Å². The molecule has 1 fully saturated rings. The third kappa shape index (κ3) is 5.07. The molecule has 0 spiro atoms. The molecular weight excluding hydrogens is 176 g/mol. The van der Waals surface area contributed by atoms with Gasteiger partial charge in [0.1, 0.15) is 0 Å². The summed E-state index contributed by atoms with van der Waals surface area (Å²) in [6.07, 6.45) is 6.38. The number of aliphatic imine (C=N–C) groups is 1. The van der Waals surface area contributed by atoms with Crippen molar-refractivity contribution in [3.63, 3.8) is 0 Å². The monoisotopic (exact) mass is 198 g/mol. The van der Waals surface area contributed by atoms with E-state index in [0.717, 1.165) is 13.0 Å². The molecule has 0 amide bonds. The van der Waals surface area contributed by atoms with Crippen LogP contribution in [-0.4, -0.2) is 37.0 Å². The summed E-state index contributed by atoms with van der Waals surface area (Å²) in [6, 6.07) is 0. The van der Waals surface area contributed by atoms with Crippen LogP contribution in [0.2, 0.25) is 0 Å². The van der Waals surface area contributed by atoms with E-state index in [1.807, 2.05) is 0 Å². The first-order valence-corrected chi connectivity index (χ1v) is 5.57. The molecule has 4 heteroatoms. The molecular formula is C10H22N4. The highest BCUT2D eigenvalue weighted by Crippen LogP contribution is 2.08. The van der Waals surface area contributed by atoms with Crippen molar-refractivity contribution in [1.82, 2.24) is 4.90 Å². The van der Waals surface area contributed by atoms with Gasteiger partial charge < -0.3 is 16.4 Å². The van der Waals surface area contributed by atoms with Gasteiger partial charge >= 0.3 is 0 Å². The maximum atomic E-state index is 5.23. The zero-order valence-corrected chi connectivity index (χ0v) is 8.91. The van der Waals surface area contributed by atoms with Gasteiger partial charge in [-0.1, -0.05) is 6.42 Å². The molecule has 1 saturated heterocycles. The predicted octanol–water partition coefficient (Wildman–Crippen LogP) is 0.526. The second kappa shape index (κ2) is 6.65. The van der Waals surface area contributed by atoms with Crippen LogP contribution in [0.5, 0.6) is 0 Å². The lowest BCUT2D eigenvalue weighted by Crippen LogP contribution is -2.23. The van der Waals surface area contributed by atoms with Crippen LogP contribution in [0.4, 0.5) is 0 Å². The summed E-state index contributed by atoms with van der Waals surface area (Å²) in [5, 5.41) is 0. The van der Waals surface area contributed by atoms with E-state index in [-0.39, 0.29) is 5.96 Å². The summed E-state index contributed by atoms with van der Waals surface area (Å²) < 4.78 is 0. The molecule has 0 aromatic heterocycles. The van der Waals surface area contributed by atoms with Crippen LogP contribution < -0.4 is 11.5 Å². The first kappa shape index (κ1) is 11.3. The Morgan fingerprint density at radius 2 is 1.79 bits per heavy atom. The van der Waals surface area contributed by atoms with E-state index in [1.165, 1.54) is 45.3 Å². The SMILES string of the molecule is NC(N)=NCCCCCN1CCCC1. The Balaban J connectivity index is 1.86. The zero-order chi connectivity index (χ0) is 10.2. The molecule has 82 valence electrons. The quantitative estimate of drug-likeness (QED) is 0.371. The van der Waals surface area contributed by atoms with Gasteiger partial charge in [-0.25, -0.2) is 0 Å². The maximum Gasteiger partial charge on any atom is 0.185 e. The molecule has 1 aliphatic rings. The molecule has 0 bridgehead atoms. The summed E-state index contributed by atoms with van der Waals surface area (Å²) in [5.74, 6) is 0.213. The Labute approximate surface area is 86.4 Å². The Kier molecular flexibility index (Phi) is 5.37. The number of hydrogen-bond acceptors (Lipinski definition) is 2. The van der Waals surface area contributed by atoms with Gasteiger partial charge in [0.25, 0.3) is 0 Å². The third-order valence-corrected chi connectivity index (χ3v) is 2.63. The minimum atomic E-state index is 0.213. The molecule has 0 radical (unpaired) electrons. The zero-order valence-electron chi connectivity index (χ0n) is 8.91. The average molecular weight is 198 g/mol. The second-order valence-corrected chi connectivity index (χ2v) is 3.92. The first-order chi connectivity index (χ1) is 6.79. The summed E-state index contributed by atoms with van der Waals surface area (Å²) >= 11 is 0. The van der Waals surface area contributed by atoms with E-state index in [4.69, 9.17) is 11.5 Å². The smallest absolute Gasteiger partial charge is 0.185 e. The van der Waals surface area contributed by atoms with Crippen molar-refractivity contribution in [3.8, 4) is 0 Å². The van der Waals surface area contributed by atoms with Gasteiger partial charge in [-0.05, 0) is 45.3 Å². The highest BCUT2D eigenvalue weighted by molar-refractivity contribution is 5.75. The minimum absolute atomic E-state index is 0.213. The van der Waals surface area contributed by atoms with Crippen molar-refractivity contribution in [2.75, 3.05) is 26.2 Å². The summed E-state index contributed by atoms with van der Waals surface area (Å²) in [6.45, 7) is 4.63. The highest BCUT2D eigenvalue weighted by Gasteiger charge is 2.09. The van der Waals surface area contributed by atoms with Crippen LogP contribution in [0, 0.1) is 0 Å². The highest BCUT2D eigenvalue weighted by atomic mass is 15.1. The molecule has 0 atom stereocenters. The number of nitrogens with two attached hydrogens (primary N) is 2. The first-order valence-electron chi connectivity index (χ1n) is 5.57. The van der Waals surface area contributed by atoms with Crippen LogP contribution in [-0.2, 0) is 0 Å². The Morgan fingerprint density at radius 3 is 2.43 bits per heavy atom. The van der Waals surface area contributed by atoms with E-state index in [0.29, 0.717) is 0 Å². The third-order valence-electron chi connectivity index (χ3n) is 2.63. The molecule has 14 heavy (non-hydrogen) atoms. The molecule has 0 aromatic rings. The lowest BCUT2D eigenvalue weighted by atomic mass is 10.2. The molecule has 1 heterocycles. The van der Waals surface area contributed by atoms with Crippen molar-refractivity contribution in [2.45, 2.75) is 32.1 Å². The molecule has 0 unspecified atom stereocenters. The molecule has 4 N–H and O–H groups in total. The van der Waals surface area contributed by atoms with E-state index in [1.54, 1.807) is 0 Å². The molecule has 4 nitrogen and oxygen atoms in total. The average Bonchev–Trinajstić information content (AvgIpc) is 2.63. The number of guanidine groups is 1. The Morgan fingerprint density at radius 1 is 1.07 bits per heavy atom. The van der Waals surface area contributed by atoms with Gasteiger partial charge in [-0.2, -0.15) is 0 Å². The van der Waals surface area contributed by atoms with Crippen LogP contribution in [0.25, 0.3) is 0 Å². The van der Waals surface area contributed by atoms with E-state index in [9.17, 15) is 0 Å². The van der Waals surface area contributed by atoms with Crippen molar-refractivity contribution >= 4 is 5.96 Å². The fraction of sp³-hybridized carbons (Fsp3) is 0.900. The van der Waals surface area contributed by atoms with Gasteiger partial charge in [-0.15, -0.1) is 0 Å². The van der Waals surface area contributed by atoms with Crippen LogP contribution in [0.15, 0.2) is 4.99 Å². The number of unbranched alkanes of at least 4 members (excludes halogenated alkanes) is 2. The number of rotatable bonds is 6. The van der Waals surface area contributed by atoms with E-state index in [2.05, 4.69) is 9.89 Å². The standard InChI is InChI=1S/C10H22N4/c11-10(12)13-6-2-1-3-7-14-8-4-5-9-14/h1-9H2,(H4,11,12,13). The van der Waals surface area contributed by atoms with Gasteiger partial charge in [-0.3, -0.25) is 4.99 Å². The van der Waals surface area contributed by atoms with E-state index < -0.39 is 0 Å². The van der Waals surface area contributed by atoms with Crippen LogP contribution >= 0.6 is 0 Å². The lowest BCUT2D eigenvalue weighted by molar-refractivity contribution is 0.329. The largest absolute Gasteiger partial charge is 0.370 e. The normalized spacial score (nSPS) is 17.1. The molecule has 0 aliphatic carbocycles. The van der Waals surface area contributed by atoms with Gasteiger partial charge in [0, 0.05) is 6.54 Å². The molecule has 0 saturated carbocycles. The van der Waals surface area contributed by atoms with Crippen molar-refractivity contribution in [3.05, 3.63) is 0 Å². The number of nitrogens with zero attached hydrogens (tertiary/aromatic N) is 2. The van der Waals surface area contributed by atoms with Gasteiger partial charge in [0.15, 0.2) is 5.96 Å². The minimum Gasteiger partial charge on any atom is -0.370 e. The van der Waals surface area contributed by atoms with Crippen molar-refractivity contribution < 1.29 is 0 Å². The topological polar surface area (TPSA) is 67.6 Å². The number of likely N-dealkylation sites (tertiary alicyclic amines) is 1. The summed E-state index contributed by atoms with van der Waals surface area (Å²) in [4.78, 5) is 6.49. The van der Waals surface area contributed by atoms with Crippen molar-refractivity contribution in [1.29, 1.82) is 0 Å². The fourth-order valence-electron chi connectivity index (χ4n) is 1.84. The second-order valence-electron chi connectivity index (χ2n) is 3.92. The predicted molar refractivity (Wildman–Crippen MR) is 60.2 cm³/mol. The van der Waals surface area contributed by atoms with Crippen LogP contribution in [0.1, 0.15) is 32.1 Å². The summed E-state index contributed by atoms with van der Waals surface area (Å²) in [5.41, 5.74) is 10.5. The molecule has 0 aromatic carbocycles. The summed E-state index contributed by atoms with van der Waals surface area (Å²) in [7, 11) is 0. The fourth-order valence-corrected chi connectivity index (χ4v) is 1.84. The Bertz CT molecular complexity index is 169. The Hall–Kier alpha value is -0.770. The molecule has 1 aliphatic heterocycles. The van der Waals surface area contributed by atoms with Gasteiger partial charge in [0.2, 0.25) is 0 Å². The molecule has 1 rings (SSSR count). The number of hydrogen-bond donors (Lipinski definition) is 2. The maximum absolute atomic E-state index is 5.23. The van der Waals surface area contributed by atoms with Crippen molar-refractivity contribution in [2.24, 2.45) is 16.5 Å². The van der Waals surface area contributed by atoms with Crippen LogP contribution in [0.3, 0.4) is 0 Å². The lowest BCUT2D eigenvalue weighted by Gasteiger charge is -2.13. The van der Waals surface area contributed by atoms with E-state index >= 15 is 0 Å².